The van der Waals surface area contributed by atoms with Gasteiger partial charge in [-0.1, -0.05) is 35.3 Å². The maximum atomic E-state index is 14.1. The summed E-state index contributed by atoms with van der Waals surface area (Å²) < 4.78 is 39.5. The number of carbonyl (C=O) groups excluding carboxylic acids is 1. The zero-order valence-electron chi connectivity index (χ0n) is 14.1. The molecule has 1 aliphatic heterocycles. The first-order chi connectivity index (χ1) is 13.2. The summed E-state index contributed by atoms with van der Waals surface area (Å²) in [6.45, 7) is 0. The molecule has 0 atom stereocenters. The van der Waals surface area contributed by atoms with Crippen molar-refractivity contribution in [2.75, 3.05) is 5.32 Å². The number of nitrogens with zero attached hydrogens (tertiary/aromatic N) is 2. The molecule has 2 heterocycles. The van der Waals surface area contributed by atoms with E-state index in [0.717, 1.165) is 6.07 Å². The highest BCUT2D eigenvalue weighted by Crippen LogP contribution is 2.34. The molecule has 0 radical (unpaired) electrons. The molecule has 4 rings (SSSR count). The van der Waals surface area contributed by atoms with Crippen molar-refractivity contribution in [3.05, 3.63) is 75.1 Å². The fraction of sp³-hybridized carbons (Fsp3) is 0.111. The molecule has 0 aliphatic carbocycles. The zero-order valence-corrected chi connectivity index (χ0v) is 16.4. The van der Waals surface area contributed by atoms with Crippen molar-refractivity contribution < 1.29 is 17.6 Å². The second kappa shape index (κ2) is 6.88. The zero-order chi connectivity index (χ0) is 20.1. The van der Waals surface area contributed by atoms with Gasteiger partial charge in [0.15, 0.2) is 9.84 Å². The van der Waals surface area contributed by atoms with Crippen molar-refractivity contribution in [2.24, 2.45) is 0 Å². The second-order valence-corrected chi connectivity index (χ2v) is 9.16. The standard InChI is InChI=1S/C18H12Cl2FN3O3S/c19-10-3-1-4-11(7-10)24-17(12-8-28(26,27)9-15(12)23-24)22-18(25)16-13(20)5-2-6-14(16)21/h1-7H,8-9H2,(H,22,25). The predicted octanol–water partition coefficient (Wildman–Crippen LogP) is 4.00. The lowest BCUT2D eigenvalue weighted by atomic mass is 10.2. The Bertz CT molecular complexity index is 1200. The predicted molar refractivity (Wildman–Crippen MR) is 104 cm³/mol. The lowest BCUT2D eigenvalue weighted by Crippen LogP contribution is -2.18. The van der Waals surface area contributed by atoms with E-state index >= 15 is 0 Å². The number of anilines is 1. The third-order valence-electron chi connectivity index (χ3n) is 4.26. The normalized spacial score (nSPS) is 14.7. The number of carbonyl (C=O) groups is 1. The van der Waals surface area contributed by atoms with Crippen molar-refractivity contribution in [1.29, 1.82) is 0 Å². The van der Waals surface area contributed by atoms with Crippen LogP contribution < -0.4 is 5.32 Å². The molecule has 10 heteroatoms. The van der Waals surface area contributed by atoms with E-state index in [0.29, 0.717) is 22.0 Å². The van der Waals surface area contributed by atoms with Gasteiger partial charge in [0.1, 0.15) is 11.6 Å². The number of nitrogens with one attached hydrogen (secondary N) is 1. The number of aromatic nitrogens is 2. The number of sulfone groups is 1. The minimum atomic E-state index is -3.36. The highest BCUT2D eigenvalue weighted by Gasteiger charge is 2.33. The van der Waals surface area contributed by atoms with Gasteiger partial charge in [0.25, 0.3) is 5.91 Å². The van der Waals surface area contributed by atoms with E-state index in [1.165, 1.54) is 16.8 Å². The SMILES string of the molecule is O=C(Nc1c2c(nn1-c1cccc(Cl)c1)CS(=O)(=O)C2)c1c(F)cccc1Cl. The molecule has 0 saturated carbocycles. The van der Waals surface area contributed by atoms with E-state index in [1.807, 2.05) is 0 Å². The molecule has 0 unspecified atom stereocenters. The van der Waals surface area contributed by atoms with Gasteiger partial charge in [0, 0.05) is 10.6 Å². The van der Waals surface area contributed by atoms with Gasteiger partial charge in [-0.05, 0) is 30.3 Å². The number of benzene rings is 2. The molecule has 1 amide bonds. The molecule has 3 aromatic rings. The van der Waals surface area contributed by atoms with Crippen LogP contribution in [-0.4, -0.2) is 24.1 Å². The Kier molecular flexibility index (Phi) is 4.65. The fourth-order valence-corrected chi connectivity index (χ4v) is 4.98. The van der Waals surface area contributed by atoms with Gasteiger partial charge >= 0.3 is 0 Å². The molecule has 2 aromatic carbocycles. The van der Waals surface area contributed by atoms with Crippen LogP contribution >= 0.6 is 23.2 Å². The molecule has 1 aliphatic rings. The summed E-state index contributed by atoms with van der Waals surface area (Å²) in [7, 11) is -3.36. The number of hydrogen-bond donors (Lipinski definition) is 1. The third-order valence-corrected chi connectivity index (χ3v) is 6.25. The Hall–Kier alpha value is -2.42. The van der Waals surface area contributed by atoms with Crippen molar-refractivity contribution in [1.82, 2.24) is 9.78 Å². The molecule has 0 saturated heterocycles. The van der Waals surface area contributed by atoms with Crippen LogP contribution in [0, 0.1) is 5.82 Å². The lowest BCUT2D eigenvalue weighted by molar-refractivity contribution is 0.102. The smallest absolute Gasteiger partial charge is 0.261 e. The highest BCUT2D eigenvalue weighted by molar-refractivity contribution is 7.90. The highest BCUT2D eigenvalue weighted by atomic mass is 35.5. The Morgan fingerprint density at radius 3 is 2.61 bits per heavy atom. The fourth-order valence-electron chi connectivity index (χ4n) is 3.05. The van der Waals surface area contributed by atoms with Gasteiger partial charge in [-0.3, -0.25) is 4.79 Å². The largest absolute Gasteiger partial charge is 0.306 e. The molecule has 0 spiro atoms. The maximum absolute atomic E-state index is 14.1. The van der Waals surface area contributed by atoms with E-state index < -0.39 is 21.6 Å². The quantitative estimate of drug-likeness (QED) is 0.668. The number of amides is 1. The van der Waals surface area contributed by atoms with Gasteiger partial charge in [-0.25, -0.2) is 17.5 Å². The van der Waals surface area contributed by atoms with Crippen LogP contribution in [0.5, 0.6) is 0 Å². The lowest BCUT2D eigenvalue weighted by Gasteiger charge is -2.12. The van der Waals surface area contributed by atoms with Gasteiger partial charge in [-0.2, -0.15) is 5.10 Å². The van der Waals surface area contributed by atoms with Crippen molar-refractivity contribution in [2.45, 2.75) is 11.5 Å². The van der Waals surface area contributed by atoms with Crippen molar-refractivity contribution in [3.63, 3.8) is 0 Å². The van der Waals surface area contributed by atoms with Gasteiger partial charge in [-0.15, -0.1) is 0 Å². The minimum Gasteiger partial charge on any atom is -0.306 e. The second-order valence-electron chi connectivity index (χ2n) is 6.25. The summed E-state index contributed by atoms with van der Waals surface area (Å²) >= 11 is 12.0. The van der Waals surface area contributed by atoms with E-state index in [4.69, 9.17) is 23.2 Å². The Morgan fingerprint density at radius 1 is 1.14 bits per heavy atom. The Labute approximate surface area is 169 Å². The van der Waals surface area contributed by atoms with Crippen LogP contribution in [0.25, 0.3) is 5.69 Å². The van der Waals surface area contributed by atoms with Gasteiger partial charge in [0.2, 0.25) is 0 Å². The Morgan fingerprint density at radius 2 is 1.89 bits per heavy atom. The molecule has 0 bridgehead atoms. The molecule has 144 valence electrons. The summed E-state index contributed by atoms with van der Waals surface area (Å²) in [5.41, 5.74) is 0.877. The third kappa shape index (κ3) is 3.39. The summed E-state index contributed by atoms with van der Waals surface area (Å²) in [6, 6.07) is 10.6. The number of halogens is 3. The van der Waals surface area contributed by atoms with Gasteiger partial charge < -0.3 is 5.32 Å². The molecule has 6 nitrogen and oxygen atoms in total. The Balaban J connectivity index is 1.83. The van der Waals surface area contributed by atoms with E-state index in [1.54, 1.807) is 24.3 Å². The number of fused-ring (bicyclic) bond motifs is 1. The van der Waals surface area contributed by atoms with E-state index in [-0.39, 0.29) is 27.9 Å². The summed E-state index contributed by atoms with van der Waals surface area (Å²) in [4.78, 5) is 12.7. The van der Waals surface area contributed by atoms with E-state index in [9.17, 15) is 17.6 Å². The molecule has 1 aromatic heterocycles. The van der Waals surface area contributed by atoms with Crippen molar-refractivity contribution in [3.8, 4) is 5.69 Å². The van der Waals surface area contributed by atoms with E-state index in [2.05, 4.69) is 10.4 Å². The number of hydrogen-bond acceptors (Lipinski definition) is 4. The summed E-state index contributed by atoms with van der Waals surface area (Å²) in [6.07, 6.45) is 0. The summed E-state index contributed by atoms with van der Waals surface area (Å²) in [5, 5.41) is 7.28. The topological polar surface area (TPSA) is 81.1 Å². The summed E-state index contributed by atoms with van der Waals surface area (Å²) in [5.74, 6) is -1.97. The molecular weight excluding hydrogens is 428 g/mol. The number of rotatable bonds is 3. The van der Waals surface area contributed by atoms with Crippen LogP contribution in [0.1, 0.15) is 21.6 Å². The van der Waals surface area contributed by atoms with Crippen LogP contribution in [0.3, 0.4) is 0 Å². The minimum absolute atomic E-state index is 0.0596. The monoisotopic (exact) mass is 439 g/mol. The first kappa shape index (κ1) is 18.9. The molecule has 0 fully saturated rings. The van der Waals surface area contributed by atoms with Gasteiger partial charge in [0.05, 0.1) is 33.5 Å². The maximum Gasteiger partial charge on any atom is 0.261 e. The molecule has 28 heavy (non-hydrogen) atoms. The molecular formula is C18H12Cl2FN3O3S. The average molecular weight is 440 g/mol. The van der Waals surface area contributed by atoms with Crippen LogP contribution in [0.2, 0.25) is 10.0 Å². The molecule has 1 N–H and O–H groups in total. The average Bonchev–Trinajstić information content (AvgIpc) is 3.07. The van der Waals surface area contributed by atoms with Crippen LogP contribution in [0.4, 0.5) is 10.2 Å². The first-order valence-corrected chi connectivity index (χ1v) is 10.7. The van der Waals surface area contributed by atoms with Crippen LogP contribution in [-0.2, 0) is 21.3 Å². The van der Waals surface area contributed by atoms with Crippen LogP contribution in [0.15, 0.2) is 42.5 Å². The first-order valence-electron chi connectivity index (χ1n) is 8.08. The van der Waals surface area contributed by atoms with Crippen molar-refractivity contribution >= 4 is 44.8 Å².